The maximum atomic E-state index is 10.8. The quantitative estimate of drug-likeness (QED) is 0.148. The molecule has 0 saturated carbocycles. The van der Waals surface area contributed by atoms with Crippen LogP contribution >= 0.6 is 11.6 Å². The van der Waals surface area contributed by atoms with Crippen molar-refractivity contribution in [3.63, 3.8) is 0 Å². The minimum atomic E-state index is -0.931. The van der Waals surface area contributed by atoms with E-state index in [1.54, 1.807) is 0 Å². The zero-order valence-corrected chi connectivity index (χ0v) is 15.0. The van der Waals surface area contributed by atoms with E-state index in [9.17, 15) is 4.79 Å². The Morgan fingerprint density at radius 1 is 0.864 bits per heavy atom. The van der Waals surface area contributed by atoms with Crippen LogP contribution in [-0.2, 0) is 9.53 Å². The number of hydrogen-bond acceptors (Lipinski definition) is 2. The third-order valence-electron chi connectivity index (χ3n) is 4.28. The predicted molar refractivity (Wildman–Crippen MR) is 94.1 cm³/mol. The Kier molecular flexibility index (Phi) is 10.7. The number of allylic oxidation sites excluding steroid dienone is 2. The van der Waals surface area contributed by atoms with Gasteiger partial charge in [0.25, 0.3) is 5.06 Å². The van der Waals surface area contributed by atoms with Crippen molar-refractivity contribution in [1.82, 2.24) is 0 Å². The van der Waals surface area contributed by atoms with Crippen LogP contribution in [0.5, 0.6) is 0 Å². The number of carbonyl (C=O) groups is 1. The van der Waals surface area contributed by atoms with Gasteiger partial charge >= 0.3 is 5.97 Å². The number of rotatable bonds is 15. The number of ether oxygens (including phenoxy) is 1. The van der Waals surface area contributed by atoms with Gasteiger partial charge in [0.2, 0.25) is 0 Å². The molecule has 0 aromatic heterocycles. The fraction of sp³-hybridized carbons (Fsp3) is 0.842. The maximum Gasteiger partial charge on any atom is 0.369 e. The van der Waals surface area contributed by atoms with Gasteiger partial charge in [0.15, 0.2) is 0 Å². The fourth-order valence-electron chi connectivity index (χ4n) is 2.70. The molecule has 0 radical (unpaired) electrons. The van der Waals surface area contributed by atoms with Gasteiger partial charge in [-0.2, -0.15) is 0 Å². The van der Waals surface area contributed by atoms with Gasteiger partial charge in [-0.15, -0.1) is 0 Å². The Hall–Kier alpha value is -0.500. The van der Waals surface area contributed by atoms with E-state index in [-0.39, 0.29) is 5.97 Å². The number of hydrogen-bond donors (Lipinski definition) is 0. The van der Waals surface area contributed by atoms with E-state index in [1.807, 2.05) is 0 Å². The molecule has 1 saturated heterocycles. The van der Waals surface area contributed by atoms with E-state index >= 15 is 0 Å². The van der Waals surface area contributed by atoms with Crippen LogP contribution in [0.4, 0.5) is 0 Å². The minimum Gasteiger partial charge on any atom is -0.427 e. The van der Waals surface area contributed by atoms with E-state index in [4.69, 9.17) is 16.3 Å². The summed E-state index contributed by atoms with van der Waals surface area (Å²) in [4.78, 5) is 10.8. The summed E-state index contributed by atoms with van der Waals surface area (Å²) < 4.78 is 4.74. The lowest BCUT2D eigenvalue weighted by molar-refractivity contribution is -0.117. The summed E-state index contributed by atoms with van der Waals surface area (Å²) in [5.74, 6) is -0.246. The Labute approximate surface area is 141 Å². The number of alkyl halides is 1. The largest absolute Gasteiger partial charge is 0.427 e. The third kappa shape index (κ3) is 9.50. The van der Waals surface area contributed by atoms with Crippen molar-refractivity contribution in [3.8, 4) is 0 Å². The van der Waals surface area contributed by atoms with Crippen LogP contribution < -0.4 is 0 Å². The van der Waals surface area contributed by atoms with Crippen molar-refractivity contribution < 1.29 is 9.53 Å². The molecule has 0 bridgehead atoms. The first-order valence-electron chi connectivity index (χ1n) is 9.26. The monoisotopic (exact) mass is 328 g/mol. The van der Waals surface area contributed by atoms with Gasteiger partial charge in [0.1, 0.15) is 0 Å². The summed E-state index contributed by atoms with van der Waals surface area (Å²) in [6, 6.07) is 0. The molecule has 0 N–H and O–H groups in total. The second kappa shape index (κ2) is 12.0. The molecule has 1 atom stereocenters. The van der Waals surface area contributed by atoms with Crippen LogP contribution in [0.15, 0.2) is 12.2 Å². The molecule has 0 aromatic carbocycles. The molecule has 2 nitrogen and oxygen atoms in total. The Morgan fingerprint density at radius 2 is 1.32 bits per heavy atom. The number of unbranched alkanes of at least 4 members (excludes halogenated alkanes) is 11. The molecule has 0 spiro atoms. The number of carbonyl (C=O) groups excluding carboxylic acids is 1. The molecule has 1 fully saturated rings. The summed E-state index contributed by atoms with van der Waals surface area (Å²) in [5.41, 5.74) is 0. The van der Waals surface area contributed by atoms with E-state index < -0.39 is 5.06 Å². The van der Waals surface area contributed by atoms with Crippen molar-refractivity contribution in [2.75, 3.05) is 0 Å². The molecule has 1 heterocycles. The molecule has 3 heteroatoms. The van der Waals surface area contributed by atoms with E-state index in [2.05, 4.69) is 19.1 Å². The summed E-state index contributed by atoms with van der Waals surface area (Å²) >= 11 is 5.87. The van der Waals surface area contributed by atoms with Crippen LogP contribution in [0, 0.1) is 0 Å². The summed E-state index contributed by atoms with van der Waals surface area (Å²) in [7, 11) is 0. The standard InChI is InChI=1S/C19H33ClO2/c1-2-3-4-5-6-7-8-9-10-11-12-13-14-15-16-17-19(20)18(21)22-19/h9-10H,2-8,11-17H2,1H3. The zero-order chi connectivity index (χ0) is 16.1. The lowest BCUT2D eigenvalue weighted by atomic mass is 10.1. The fourth-order valence-corrected chi connectivity index (χ4v) is 2.90. The summed E-state index contributed by atoms with van der Waals surface area (Å²) in [5, 5.41) is -0.931. The topological polar surface area (TPSA) is 29.6 Å². The molecule has 1 aliphatic rings. The third-order valence-corrected chi connectivity index (χ3v) is 4.70. The highest BCUT2D eigenvalue weighted by Crippen LogP contribution is 2.38. The molecule has 0 aromatic rings. The Balaban J connectivity index is 1.74. The SMILES string of the molecule is CCCCCCCCC=CCCCCCCCC1(Cl)OC1=O. The average molecular weight is 329 g/mol. The molecule has 22 heavy (non-hydrogen) atoms. The van der Waals surface area contributed by atoms with Crippen molar-refractivity contribution >= 4 is 17.6 Å². The second-order valence-electron chi connectivity index (χ2n) is 6.45. The summed E-state index contributed by atoms with van der Waals surface area (Å²) in [6.07, 6.45) is 22.0. The number of halogens is 1. The first-order chi connectivity index (χ1) is 10.7. The van der Waals surface area contributed by atoms with Crippen LogP contribution in [-0.4, -0.2) is 11.0 Å². The first-order valence-corrected chi connectivity index (χ1v) is 9.64. The van der Waals surface area contributed by atoms with Gasteiger partial charge < -0.3 is 4.74 Å². The van der Waals surface area contributed by atoms with Crippen molar-refractivity contribution in [1.29, 1.82) is 0 Å². The van der Waals surface area contributed by atoms with Crippen LogP contribution in [0.25, 0.3) is 0 Å². The van der Waals surface area contributed by atoms with Crippen LogP contribution in [0.3, 0.4) is 0 Å². The number of epoxide rings is 1. The van der Waals surface area contributed by atoms with Crippen molar-refractivity contribution in [2.24, 2.45) is 0 Å². The molecule has 1 unspecified atom stereocenters. The molecule has 0 aliphatic carbocycles. The minimum absolute atomic E-state index is 0.246. The maximum absolute atomic E-state index is 10.8. The zero-order valence-electron chi connectivity index (χ0n) is 14.2. The highest BCUT2D eigenvalue weighted by Gasteiger charge is 2.55. The lowest BCUT2D eigenvalue weighted by Gasteiger charge is -2.01. The molecular weight excluding hydrogens is 296 g/mol. The van der Waals surface area contributed by atoms with E-state index in [0.717, 1.165) is 12.8 Å². The molecule has 1 rings (SSSR count). The highest BCUT2D eigenvalue weighted by molar-refractivity contribution is 6.38. The molecule has 128 valence electrons. The van der Waals surface area contributed by atoms with Gasteiger partial charge in [0, 0.05) is 6.42 Å². The van der Waals surface area contributed by atoms with Gasteiger partial charge in [-0.05, 0) is 32.1 Å². The van der Waals surface area contributed by atoms with E-state index in [1.165, 1.54) is 70.6 Å². The van der Waals surface area contributed by atoms with Crippen molar-refractivity contribution in [2.45, 2.75) is 102 Å². The van der Waals surface area contributed by atoms with Crippen molar-refractivity contribution in [3.05, 3.63) is 12.2 Å². The second-order valence-corrected chi connectivity index (χ2v) is 7.06. The smallest absolute Gasteiger partial charge is 0.369 e. The normalized spacial score (nSPS) is 20.5. The average Bonchev–Trinajstić information content (AvgIpc) is 3.10. The van der Waals surface area contributed by atoms with Gasteiger partial charge in [-0.1, -0.05) is 82.0 Å². The summed E-state index contributed by atoms with van der Waals surface area (Å²) in [6.45, 7) is 2.26. The Morgan fingerprint density at radius 3 is 1.82 bits per heavy atom. The highest BCUT2D eigenvalue weighted by atomic mass is 35.5. The first kappa shape index (κ1) is 19.5. The molecule has 1 aliphatic heterocycles. The van der Waals surface area contributed by atoms with Gasteiger partial charge in [-0.3, -0.25) is 0 Å². The van der Waals surface area contributed by atoms with Crippen LogP contribution in [0.1, 0.15) is 96.8 Å². The molecular formula is C19H33ClO2. The Bertz CT molecular complexity index is 327. The number of cyclic esters (lactones) is 1. The van der Waals surface area contributed by atoms with Gasteiger partial charge in [-0.25, -0.2) is 4.79 Å². The predicted octanol–water partition coefficient (Wildman–Crippen LogP) is 6.52. The molecule has 0 amide bonds. The van der Waals surface area contributed by atoms with E-state index in [0.29, 0.717) is 6.42 Å². The lowest BCUT2D eigenvalue weighted by Crippen LogP contribution is -2.01. The van der Waals surface area contributed by atoms with Gasteiger partial charge in [0.05, 0.1) is 0 Å². The van der Waals surface area contributed by atoms with Crippen LogP contribution in [0.2, 0.25) is 0 Å².